The van der Waals surface area contributed by atoms with Crippen molar-refractivity contribution in [3.05, 3.63) is 95.5 Å². The Morgan fingerprint density at radius 2 is 1.47 bits per heavy atom. The Morgan fingerprint density at radius 1 is 0.895 bits per heavy atom. The van der Waals surface area contributed by atoms with Crippen molar-refractivity contribution in [2.24, 2.45) is 0 Å². The van der Waals surface area contributed by atoms with Crippen LogP contribution >= 0.6 is 11.6 Å². The minimum absolute atomic E-state index is 0.0111. The van der Waals surface area contributed by atoms with Gasteiger partial charge in [-0.25, -0.2) is 8.42 Å². The summed E-state index contributed by atoms with van der Waals surface area (Å²) in [5.74, 6) is -0.762. The number of rotatable bonds is 12. The molecular weight excluding hydrogens is 522 g/mol. The number of hydrogen-bond acceptors (Lipinski definition) is 4. The molecule has 0 spiro atoms. The van der Waals surface area contributed by atoms with E-state index in [2.05, 4.69) is 5.32 Å². The third-order valence-corrected chi connectivity index (χ3v) is 8.42. The molecular formula is C29H34ClN3O4S. The van der Waals surface area contributed by atoms with Crippen LogP contribution in [0.3, 0.4) is 0 Å². The maximum atomic E-state index is 13.8. The van der Waals surface area contributed by atoms with Gasteiger partial charge in [-0.1, -0.05) is 67.1 Å². The SMILES string of the molecule is CC[C@@H](C)NC(=O)[C@H](C)N(CCc1ccccc1)C(=O)CN(c1ccccc1)S(=O)(=O)c1ccc(Cl)cc1. The molecule has 0 aliphatic rings. The highest BCUT2D eigenvalue weighted by Crippen LogP contribution is 2.25. The van der Waals surface area contributed by atoms with Gasteiger partial charge in [0.15, 0.2) is 0 Å². The topological polar surface area (TPSA) is 86.8 Å². The van der Waals surface area contributed by atoms with Gasteiger partial charge in [-0.3, -0.25) is 13.9 Å². The van der Waals surface area contributed by atoms with Crippen LogP contribution in [0, 0.1) is 0 Å². The summed E-state index contributed by atoms with van der Waals surface area (Å²) in [5, 5.41) is 3.33. The molecule has 0 aromatic heterocycles. The smallest absolute Gasteiger partial charge is 0.264 e. The number of carbonyl (C=O) groups excluding carboxylic acids is 2. The van der Waals surface area contributed by atoms with Gasteiger partial charge in [-0.15, -0.1) is 0 Å². The van der Waals surface area contributed by atoms with Crippen molar-refractivity contribution >= 4 is 39.1 Å². The Labute approximate surface area is 230 Å². The second kappa shape index (κ2) is 13.4. The molecule has 9 heteroatoms. The zero-order valence-electron chi connectivity index (χ0n) is 21.9. The maximum absolute atomic E-state index is 13.8. The van der Waals surface area contributed by atoms with Crippen molar-refractivity contribution in [1.82, 2.24) is 10.2 Å². The molecule has 0 aliphatic carbocycles. The van der Waals surface area contributed by atoms with Crippen molar-refractivity contribution < 1.29 is 18.0 Å². The number of hydrogen-bond donors (Lipinski definition) is 1. The normalized spacial score (nSPS) is 12.8. The summed E-state index contributed by atoms with van der Waals surface area (Å²) in [6.45, 7) is 5.32. The molecule has 0 unspecified atom stereocenters. The third-order valence-electron chi connectivity index (χ3n) is 6.38. The fraction of sp³-hybridized carbons (Fsp3) is 0.310. The number of nitrogens with one attached hydrogen (secondary N) is 1. The lowest BCUT2D eigenvalue weighted by Gasteiger charge is -2.32. The molecule has 38 heavy (non-hydrogen) atoms. The molecule has 0 saturated heterocycles. The number of carbonyl (C=O) groups is 2. The number of amides is 2. The molecule has 0 fully saturated rings. The second-order valence-electron chi connectivity index (χ2n) is 9.12. The predicted octanol–water partition coefficient (Wildman–Crippen LogP) is 4.91. The Morgan fingerprint density at radius 3 is 2.05 bits per heavy atom. The average molecular weight is 556 g/mol. The van der Waals surface area contributed by atoms with Crippen LogP contribution in [0.4, 0.5) is 5.69 Å². The fourth-order valence-electron chi connectivity index (χ4n) is 3.89. The average Bonchev–Trinajstić information content (AvgIpc) is 2.92. The van der Waals surface area contributed by atoms with Gasteiger partial charge >= 0.3 is 0 Å². The molecule has 0 radical (unpaired) electrons. The molecule has 0 saturated carbocycles. The lowest BCUT2D eigenvalue weighted by Crippen LogP contribution is -2.53. The Kier molecular flexibility index (Phi) is 10.3. The summed E-state index contributed by atoms with van der Waals surface area (Å²) < 4.78 is 28.5. The van der Waals surface area contributed by atoms with Gasteiger partial charge in [-0.2, -0.15) is 0 Å². The minimum Gasteiger partial charge on any atom is -0.352 e. The van der Waals surface area contributed by atoms with Crippen LogP contribution in [0.15, 0.2) is 89.8 Å². The number of halogens is 1. The van der Waals surface area contributed by atoms with E-state index in [9.17, 15) is 18.0 Å². The van der Waals surface area contributed by atoms with Gasteiger partial charge in [-0.05, 0) is 68.7 Å². The zero-order valence-corrected chi connectivity index (χ0v) is 23.5. The van der Waals surface area contributed by atoms with Crippen LogP contribution in [0.2, 0.25) is 5.02 Å². The Hall–Kier alpha value is -3.36. The number of nitrogens with zero attached hydrogens (tertiary/aromatic N) is 2. The molecule has 3 aromatic carbocycles. The van der Waals surface area contributed by atoms with Crippen molar-refractivity contribution in [3.63, 3.8) is 0 Å². The maximum Gasteiger partial charge on any atom is 0.264 e. The molecule has 202 valence electrons. The molecule has 2 atom stereocenters. The van der Waals surface area contributed by atoms with Gasteiger partial charge in [0.05, 0.1) is 10.6 Å². The van der Waals surface area contributed by atoms with Crippen LogP contribution in [-0.4, -0.2) is 50.3 Å². The summed E-state index contributed by atoms with van der Waals surface area (Å²) >= 11 is 5.97. The van der Waals surface area contributed by atoms with E-state index >= 15 is 0 Å². The Bertz CT molecular complexity index is 1300. The van der Waals surface area contributed by atoms with E-state index in [1.54, 1.807) is 37.3 Å². The van der Waals surface area contributed by atoms with Crippen LogP contribution in [0.1, 0.15) is 32.8 Å². The van der Waals surface area contributed by atoms with E-state index in [1.807, 2.05) is 44.2 Å². The second-order valence-corrected chi connectivity index (χ2v) is 11.4. The third kappa shape index (κ3) is 7.58. The predicted molar refractivity (Wildman–Crippen MR) is 152 cm³/mol. The minimum atomic E-state index is -4.11. The summed E-state index contributed by atoms with van der Waals surface area (Å²) in [6, 6.07) is 23.1. The summed E-state index contributed by atoms with van der Waals surface area (Å²) in [4.78, 5) is 28.3. The van der Waals surface area contributed by atoms with Crippen molar-refractivity contribution in [3.8, 4) is 0 Å². The van der Waals surface area contributed by atoms with Crippen molar-refractivity contribution in [1.29, 1.82) is 0 Å². The first-order valence-corrected chi connectivity index (χ1v) is 14.4. The lowest BCUT2D eigenvalue weighted by atomic mass is 10.1. The fourth-order valence-corrected chi connectivity index (χ4v) is 5.43. The van der Waals surface area contributed by atoms with Crippen LogP contribution in [-0.2, 0) is 26.0 Å². The highest BCUT2D eigenvalue weighted by Gasteiger charge is 2.32. The van der Waals surface area contributed by atoms with Crippen LogP contribution < -0.4 is 9.62 Å². The molecule has 0 bridgehead atoms. The van der Waals surface area contributed by atoms with E-state index in [-0.39, 0.29) is 23.4 Å². The zero-order chi connectivity index (χ0) is 27.7. The number of anilines is 1. The van der Waals surface area contributed by atoms with Crippen molar-refractivity contribution in [2.45, 2.75) is 50.6 Å². The van der Waals surface area contributed by atoms with Gasteiger partial charge in [0.1, 0.15) is 12.6 Å². The lowest BCUT2D eigenvalue weighted by molar-refractivity contribution is -0.139. The number of benzene rings is 3. The van der Waals surface area contributed by atoms with Gasteiger partial charge in [0, 0.05) is 17.6 Å². The van der Waals surface area contributed by atoms with Gasteiger partial charge in [0.2, 0.25) is 11.8 Å². The molecule has 1 N–H and O–H groups in total. The quantitative estimate of drug-likeness (QED) is 0.344. The highest BCUT2D eigenvalue weighted by atomic mass is 35.5. The number of sulfonamides is 1. The highest BCUT2D eigenvalue weighted by molar-refractivity contribution is 7.92. The van der Waals surface area contributed by atoms with E-state index in [4.69, 9.17) is 11.6 Å². The summed E-state index contributed by atoms with van der Waals surface area (Å²) in [5.41, 5.74) is 1.35. The first-order chi connectivity index (χ1) is 18.1. The molecule has 2 amide bonds. The standard InChI is InChI=1S/C29H34ClN3O4S/c1-4-22(2)31-29(35)23(3)32(20-19-24-11-7-5-8-12-24)28(34)21-33(26-13-9-6-10-14-26)38(36,37)27-17-15-25(30)16-18-27/h5-18,22-23H,4,19-21H2,1-3H3,(H,31,35)/t22-,23+/m1/s1. The summed E-state index contributed by atoms with van der Waals surface area (Å²) in [6.07, 6.45) is 1.26. The largest absolute Gasteiger partial charge is 0.352 e. The molecule has 3 rings (SSSR count). The van der Waals surface area contributed by atoms with E-state index < -0.39 is 28.5 Å². The molecule has 0 aliphatic heterocycles. The molecule has 7 nitrogen and oxygen atoms in total. The molecule has 3 aromatic rings. The van der Waals surface area contributed by atoms with Crippen LogP contribution in [0.25, 0.3) is 0 Å². The van der Waals surface area contributed by atoms with E-state index in [1.165, 1.54) is 29.2 Å². The van der Waals surface area contributed by atoms with Crippen molar-refractivity contribution in [2.75, 3.05) is 17.4 Å². The van der Waals surface area contributed by atoms with Gasteiger partial charge < -0.3 is 10.2 Å². The Balaban J connectivity index is 1.94. The van der Waals surface area contributed by atoms with E-state index in [0.717, 1.165) is 16.3 Å². The first kappa shape index (κ1) is 29.2. The first-order valence-electron chi connectivity index (χ1n) is 12.6. The molecule has 0 heterocycles. The van der Waals surface area contributed by atoms with E-state index in [0.29, 0.717) is 17.1 Å². The number of para-hydroxylation sites is 1. The van der Waals surface area contributed by atoms with Crippen LogP contribution in [0.5, 0.6) is 0 Å². The monoisotopic (exact) mass is 555 g/mol. The van der Waals surface area contributed by atoms with Gasteiger partial charge in [0.25, 0.3) is 10.0 Å². The summed E-state index contributed by atoms with van der Waals surface area (Å²) in [7, 11) is -4.11.